The van der Waals surface area contributed by atoms with Gasteiger partial charge in [0.2, 0.25) is 0 Å². The molecule has 1 heterocycles. The van der Waals surface area contributed by atoms with Crippen LogP contribution in [0.1, 0.15) is 59.8 Å². The molecule has 1 heteroatoms. The monoisotopic (exact) mass is 210 g/mol. The van der Waals surface area contributed by atoms with Gasteiger partial charge in [0.1, 0.15) is 0 Å². The van der Waals surface area contributed by atoms with Crippen LogP contribution in [0.25, 0.3) is 0 Å². The zero-order chi connectivity index (χ0) is 11.1. The molecule has 2 fully saturated rings. The number of ether oxygens (including phenoxy) is 1. The summed E-state index contributed by atoms with van der Waals surface area (Å²) in [5.41, 5.74) is 0.694. The van der Waals surface area contributed by atoms with Crippen molar-refractivity contribution < 1.29 is 4.74 Å². The van der Waals surface area contributed by atoms with Gasteiger partial charge in [0.05, 0.1) is 12.2 Å². The third kappa shape index (κ3) is 2.38. The van der Waals surface area contributed by atoms with Crippen molar-refractivity contribution in [3.8, 4) is 0 Å². The van der Waals surface area contributed by atoms with Crippen LogP contribution in [0.5, 0.6) is 0 Å². The summed E-state index contributed by atoms with van der Waals surface area (Å²) in [6, 6.07) is 0. The summed E-state index contributed by atoms with van der Waals surface area (Å²) >= 11 is 0. The van der Waals surface area contributed by atoms with Crippen molar-refractivity contribution in [2.75, 3.05) is 6.61 Å². The van der Waals surface area contributed by atoms with Crippen molar-refractivity contribution in [2.24, 2.45) is 17.3 Å². The van der Waals surface area contributed by atoms with Crippen LogP contribution in [-0.2, 0) is 4.74 Å². The normalized spacial score (nSPS) is 40.2. The van der Waals surface area contributed by atoms with Crippen molar-refractivity contribution in [1.82, 2.24) is 0 Å². The van der Waals surface area contributed by atoms with E-state index in [0.29, 0.717) is 5.41 Å². The molecular formula is C14H26O. The number of rotatable bonds is 1. The van der Waals surface area contributed by atoms with E-state index < -0.39 is 0 Å². The molecule has 0 bridgehead atoms. The third-order valence-corrected chi connectivity index (χ3v) is 4.60. The second kappa shape index (κ2) is 3.76. The molecule has 2 aliphatic rings. The zero-order valence-electron chi connectivity index (χ0n) is 10.8. The molecule has 1 nitrogen and oxygen atoms in total. The highest BCUT2D eigenvalue weighted by Crippen LogP contribution is 2.50. The Morgan fingerprint density at radius 3 is 2.13 bits per heavy atom. The molecule has 0 N–H and O–H groups in total. The van der Waals surface area contributed by atoms with Crippen LogP contribution in [0.3, 0.4) is 0 Å². The molecule has 1 spiro atoms. The van der Waals surface area contributed by atoms with E-state index in [1.165, 1.54) is 32.1 Å². The lowest BCUT2D eigenvalue weighted by molar-refractivity contribution is 0.0260. The average molecular weight is 210 g/mol. The first-order valence-corrected chi connectivity index (χ1v) is 6.57. The standard InChI is InChI=1S/C14H26O/c1-11(2)12-5-7-14(8-6-12)9-13(3,4)15-10-14/h11-12H,5-10H2,1-4H3/t12-,14-. The van der Waals surface area contributed by atoms with Gasteiger partial charge in [-0.2, -0.15) is 0 Å². The summed E-state index contributed by atoms with van der Waals surface area (Å²) in [4.78, 5) is 0. The van der Waals surface area contributed by atoms with Gasteiger partial charge in [-0.05, 0) is 63.2 Å². The minimum Gasteiger partial charge on any atom is -0.375 e. The first-order valence-electron chi connectivity index (χ1n) is 6.57. The SMILES string of the molecule is CC(C)[C@H]1CC[C@@]2(CC1)COC(C)(C)C2. The summed E-state index contributed by atoms with van der Waals surface area (Å²) in [6.45, 7) is 10.3. The highest BCUT2D eigenvalue weighted by molar-refractivity contribution is 4.95. The molecule has 0 amide bonds. The largest absolute Gasteiger partial charge is 0.375 e. The predicted octanol–water partition coefficient (Wildman–Crippen LogP) is 4.02. The average Bonchev–Trinajstić information content (AvgIpc) is 2.43. The van der Waals surface area contributed by atoms with Gasteiger partial charge in [-0.3, -0.25) is 0 Å². The van der Waals surface area contributed by atoms with Crippen LogP contribution >= 0.6 is 0 Å². The second-order valence-electron chi connectivity index (χ2n) is 6.81. The van der Waals surface area contributed by atoms with Crippen LogP contribution in [0, 0.1) is 17.3 Å². The molecule has 1 saturated carbocycles. The summed E-state index contributed by atoms with van der Waals surface area (Å²) in [6.07, 6.45) is 6.94. The van der Waals surface area contributed by atoms with Crippen LogP contribution < -0.4 is 0 Å². The summed E-state index contributed by atoms with van der Waals surface area (Å²) < 4.78 is 5.93. The molecule has 0 unspecified atom stereocenters. The second-order valence-corrected chi connectivity index (χ2v) is 6.81. The van der Waals surface area contributed by atoms with Crippen molar-refractivity contribution in [2.45, 2.75) is 65.4 Å². The Morgan fingerprint density at radius 1 is 1.13 bits per heavy atom. The van der Waals surface area contributed by atoms with Gasteiger partial charge in [0.25, 0.3) is 0 Å². The Balaban J connectivity index is 1.93. The number of hydrogen-bond donors (Lipinski definition) is 0. The van der Waals surface area contributed by atoms with E-state index in [1.54, 1.807) is 0 Å². The van der Waals surface area contributed by atoms with Crippen molar-refractivity contribution >= 4 is 0 Å². The van der Waals surface area contributed by atoms with E-state index in [2.05, 4.69) is 27.7 Å². The van der Waals surface area contributed by atoms with E-state index >= 15 is 0 Å². The smallest absolute Gasteiger partial charge is 0.0632 e. The van der Waals surface area contributed by atoms with Gasteiger partial charge in [0, 0.05) is 0 Å². The van der Waals surface area contributed by atoms with Crippen molar-refractivity contribution in [1.29, 1.82) is 0 Å². The predicted molar refractivity (Wildman–Crippen MR) is 63.9 cm³/mol. The Kier molecular flexibility index (Phi) is 2.87. The lowest BCUT2D eigenvalue weighted by atomic mass is 9.66. The molecule has 1 aliphatic carbocycles. The first kappa shape index (κ1) is 11.4. The maximum atomic E-state index is 5.93. The summed E-state index contributed by atoms with van der Waals surface area (Å²) in [5, 5.41) is 0. The van der Waals surface area contributed by atoms with E-state index in [-0.39, 0.29) is 5.60 Å². The van der Waals surface area contributed by atoms with E-state index in [4.69, 9.17) is 4.74 Å². The molecule has 0 aromatic rings. The Morgan fingerprint density at radius 2 is 1.73 bits per heavy atom. The fourth-order valence-corrected chi connectivity index (χ4v) is 3.59. The summed E-state index contributed by atoms with van der Waals surface area (Å²) in [7, 11) is 0. The topological polar surface area (TPSA) is 9.23 Å². The minimum atomic E-state index is 0.144. The van der Waals surface area contributed by atoms with Crippen molar-refractivity contribution in [3.05, 3.63) is 0 Å². The van der Waals surface area contributed by atoms with E-state index in [1.807, 2.05) is 0 Å². The fourth-order valence-electron chi connectivity index (χ4n) is 3.59. The highest BCUT2D eigenvalue weighted by Gasteiger charge is 2.46. The Labute approximate surface area is 94.6 Å². The molecule has 88 valence electrons. The molecule has 1 saturated heterocycles. The van der Waals surface area contributed by atoms with E-state index in [9.17, 15) is 0 Å². The minimum absolute atomic E-state index is 0.144. The maximum Gasteiger partial charge on any atom is 0.0632 e. The van der Waals surface area contributed by atoms with Gasteiger partial charge < -0.3 is 4.74 Å². The quantitative estimate of drug-likeness (QED) is 0.635. The third-order valence-electron chi connectivity index (χ3n) is 4.60. The molecule has 2 rings (SSSR count). The molecular weight excluding hydrogens is 184 g/mol. The molecule has 0 aromatic carbocycles. The zero-order valence-corrected chi connectivity index (χ0v) is 10.8. The fraction of sp³-hybridized carbons (Fsp3) is 1.00. The lowest BCUT2D eigenvalue weighted by Crippen LogP contribution is -2.30. The van der Waals surface area contributed by atoms with Crippen LogP contribution in [0.2, 0.25) is 0 Å². The maximum absolute atomic E-state index is 5.93. The lowest BCUT2D eigenvalue weighted by Gasteiger charge is -2.38. The van der Waals surface area contributed by atoms with Gasteiger partial charge in [0.15, 0.2) is 0 Å². The highest BCUT2D eigenvalue weighted by atomic mass is 16.5. The molecule has 0 atom stereocenters. The van der Waals surface area contributed by atoms with Gasteiger partial charge in [-0.15, -0.1) is 0 Å². The van der Waals surface area contributed by atoms with Crippen LogP contribution in [0.15, 0.2) is 0 Å². The molecule has 15 heavy (non-hydrogen) atoms. The van der Waals surface area contributed by atoms with Gasteiger partial charge >= 0.3 is 0 Å². The van der Waals surface area contributed by atoms with Crippen molar-refractivity contribution in [3.63, 3.8) is 0 Å². The van der Waals surface area contributed by atoms with Gasteiger partial charge in [-0.1, -0.05) is 13.8 Å². The molecule has 0 aromatic heterocycles. The molecule has 1 aliphatic heterocycles. The Hall–Kier alpha value is -0.0400. The molecule has 0 radical (unpaired) electrons. The van der Waals surface area contributed by atoms with Crippen LogP contribution in [-0.4, -0.2) is 12.2 Å². The van der Waals surface area contributed by atoms with Gasteiger partial charge in [-0.25, -0.2) is 0 Å². The Bertz CT molecular complexity index is 221. The first-order chi connectivity index (χ1) is 6.93. The number of hydrogen-bond acceptors (Lipinski definition) is 1. The summed E-state index contributed by atoms with van der Waals surface area (Å²) in [5.74, 6) is 1.84. The van der Waals surface area contributed by atoms with E-state index in [0.717, 1.165) is 18.4 Å². The van der Waals surface area contributed by atoms with Crippen LogP contribution in [0.4, 0.5) is 0 Å².